The largest absolute Gasteiger partial charge is 0.493 e. The van der Waals surface area contributed by atoms with Crippen molar-refractivity contribution in [1.82, 2.24) is 10.3 Å². The third-order valence-electron chi connectivity index (χ3n) is 4.70. The van der Waals surface area contributed by atoms with Crippen molar-refractivity contribution in [2.24, 2.45) is 5.92 Å². The van der Waals surface area contributed by atoms with Crippen LogP contribution >= 0.6 is 23.2 Å². The number of carbonyl (C=O) groups is 2. The van der Waals surface area contributed by atoms with Gasteiger partial charge in [-0.3, -0.25) is 9.59 Å². The third-order valence-corrected chi connectivity index (χ3v) is 5.19. The van der Waals surface area contributed by atoms with Crippen LogP contribution in [0.15, 0.2) is 30.5 Å². The first-order valence-electron chi connectivity index (χ1n) is 9.28. The second-order valence-electron chi connectivity index (χ2n) is 6.65. The van der Waals surface area contributed by atoms with Gasteiger partial charge in [0, 0.05) is 44.0 Å². The maximum atomic E-state index is 12.5. The highest BCUT2D eigenvalue weighted by molar-refractivity contribution is 6.35. The maximum Gasteiger partial charge on any atom is 0.227 e. The molecule has 8 nitrogen and oxygen atoms in total. The van der Waals surface area contributed by atoms with E-state index in [0.717, 1.165) is 0 Å². The van der Waals surface area contributed by atoms with Gasteiger partial charge in [0.05, 0.1) is 30.2 Å². The average molecular weight is 453 g/mol. The van der Waals surface area contributed by atoms with Crippen molar-refractivity contribution < 1.29 is 19.1 Å². The van der Waals surface area contributed by atoms with E-state index < -0.39 is 5.92 Å². The fourth-order valence-electron chi connectivity index (χ4n) is 3.18. The summed E-state index contributed by atoms with van der Waals surface area (Å²) in [6, 6.07) is 6.82. The standard InChI is InChI=1S/C20H22Cl2N4O4/c1-29-16-4-3-14(9-17(16)30-2)26-11-12(7-18(26)27)20(28)24-6-5-23-19-15(22)8-13(21)10-25-19/h3-4,8-10,12H,5-7,11H2,1-2H3,(H,23,25)(H,24,28). The summed E-state index contributed by atoms with van der Waals surface area (Å²) in [5.74, 6) is 0.871. The number of methoxy groups -OCH3 is 2. The lowest BCUT2D eigenvalue weighted by Crippen LogP contribution is -2.35. The summed E-state index contributed by atoms with van der Waals surface area (Å²) in [4.78, 5) is 30.6. The van der Waals surface area contributed by atoms with Crippen molar-refractivity contribution in [3.8, 4) is 11.5 Å². The van der Waals surface area contributed by atoms with Gasteiger partial charge >= 0.3 is 0 Å². The summed E-state index contributed by atoms with van der Waals surface area (Å²) < 4.78 is 10.5. The molecular formula is C20H22Cl2N4O4. The predicted molar refractivity (Wildman–Crippen MR) is 116 cm³/mol. The third kappa shape index (κ3) is 5.06. The first-order chi connectivity index (χ1) is 14.4. The minimum Gasteiger partial charge on any atom is -0.493 e. The minimum atomic E-state index is -0.428. The summed E-state index contributed by atoms with van der Waals surface area (Å²) in [7, 11) is 3.08. The Kier molecular flexibility index (Phi) is 7.23. The van der Waals surface area contributed by atoms with Crippen LogP contribution in [0, 0.1) is 5.92 Å². The second kappa shape index (κ2) is 9.86. The number of aromatic nitrogens is 1. The highest BCUT2D eigenvalue weighted by atomic mass is 35.5. The first-order valence-corrected chi connectivity index (χ1v) is 10.0. The molecule has 10 heteroatoms. The molecule has 2 N–H and O–H groups in total. The maximum absolute atomic E-state index is 12.5. The van der Waals surface area contributed by atoms with Crippen molar-refractivity contribution in [2.75, 3.05) is 44.1 Å². The normalized spacial score (nSPS) is 15.8. The Labute approximate surface area is 184 Å². The smallest absolute Gasteiger partial charge is 0.227 e. The van der Waals surface area contributed by atoms with Crippen LogP contribution < -0.4 is 25.0 Å². The van der Waals surface area contributed by atoms with E-state index in [1.54, 1.807) is 36.3 Å². The lowest BCUT2D eigenvalue weighted by atomic mass is 10.1. The molecule has 2 aromatic rings. The lowest BCUT2D eigenvalue weighted by Gasteiger charge is -2.18. The van der Waals surface area contributed by atoms with Gasteiger partial charge in [-0.25, -0.2) is 4.98 Å². The number of hydrogen-bond acceptors (Lipinski definition) is 6. The van der Waals surface area contributed by atoms with Crippen LogP contribution in [0.5, 0.6) is 11.5 Å². The van der Waals surface area contributed by atoms with E-state index in [0.29, 0.717) is 52.7 Å². The van der Waals surface area contributed by atoms with Crippen molar-refractivity contribution in [3.63, 3.8) is 0 Å². The van der Waals surface area contributed by atoms with Crippen LogP contribution in [0.2, 0.25) is 10.0 Å². The lowest BCUT2D eigenvalue weighted by molar-refractivity contribution is -0.126. The van der Waals surface area contributed by atoms with Gasteiger partial charge in [-0.2, -0.15) is 0 Å². The van der Waals surface area contributed by atoms with Crippen LogP contribution in [0.3, 0.4) is 0 Å². The molecule has 0 spiro atoms. The number of hydrogen-bond donors (Lipinski definition) is 2. The van der Waals surface area contributed by atoms with E-state index in [1.807, 2.05) is 0 Å². The van der Waals surface area contributed by atoms with Gasteiger partial charge in [0.25, 0.3) is 0 Å². The van der Waals surface area contributed by atoms with Gasteiger partial charge in [0.1, 0.15) is 5.82 Å². The van der Waals surface area contributed by atoms with Crippen molar-refractivity contribution in [3.05, 3.63) is 40.5 Å². The Balaban J connectivity index is 1.52. The van der Waals surface area contributed by atoms with E-state index >= 15 is 0 Å². The number of halogens is 2. The summed E-state index contributed by atoms with van der Waals surface area (Å²) in [6.45, 7) is 1.10. The highest BCUT2D eigenvalue weighted by Crippen LogP contribution is 2.34. The molecule has 2 amide bonds. The molecule has 160 valence electrons. The van der Waals surface area contributed by atoms with Crippen LogP contribution in [-0.4, -0.2) is 50.7 Å². The highest BCUT2D eigenvalue weighted by Gasteiger charge is 2.35. The van der Waals surface area contributed by atoms with Gasteiger partial charge in [-0.15, -0.1) is 0 Å². The number of nitrogens with zero attached hydrogens (tertiary/aromatic N) is 2. The molecule has 3 rings (SSSR count). The molecule has 1 fully saturated rings. The zero-order chi connectivity index (χ0) is 21.7. The van der Waals surface area contributed by atoms with Gasteiger partial charge in [-0.1, -0.05) is 23.2 Å². The van der Waals surface area contributed by atoms with Crippen LogP contribution in [-0.2, 0) is 9.59 Å². The Hall–Kier alpha value is -2.71. The Morgan fingerprint density at radius 3 is 2.67 bits per heavy atom. The quantitative estimate of drug-likeness (QED) is 0.598. The molecular weight excluding hydrogens is 431 g/mol. The number of rotatable bonds is 8. The van der Waals surface area contributed by atoms with Crippen molar-refractivity contribution in [1.29, 1.82) is 0 Å². The molecule has 0 bridgehead atoms. The van der Waals surface area contributed by atoms with Crippen LogP contribution in [0.25, 0.3) is 0 Å². The number of carbonyl (C=O) groups excluding carboxylic acids is 2. The monoisotopic (exact) mass is 452 g/mol. The fraction of sp³-hybridized carbons (Fsp3) is 0.350. The van der Waals surface area contributed by atoms with E-state index in [-0.39, 0.29) is 18.2 Å². The molecule has 0 radical (unpaired) electrons. The topological polar surface area (TPSA) is 92.8 Å². The molecule has 1 aliphatic rings. The number of benzene rings is 1. The van der Waals surface area contributed by atoms with Crippen molar-refractivity contribution in [2.45, 2.75) is 6.42 Å². The molecule has 30 heavy (non-hydrogen) atoms. The first kappa shape index (κ1) is 22.0. The van der Waals surface area contributed by atoms with Crippen molar-refractivity contribution >= 4 is 46.5 Å². The molecule has 1 atom stereocenters. The van der Waals surface area contributed by atoms with Gasteiger partial charge in [0.15, 0.2) is 11.5 Å². The number of nitrogens with one attached hydrogen (secondary N) is 2. The zero-order valence-electron chi connectivity index (χ0n) is 16.6. The molecule has 1 unspecified atom stereocenters. The Bertz CT molecular complexity index is 941. The molecule has 0 saturated carbocycles. The zero-order valence-corrected chi connectivity index (χ0v) is 18.1. The summed E-state index contributed by atoms with van der Waals surface area (Å²) >= 11 is 11.9. The Morgan fingerprint density at radius 2 is 1.97 bits per heavy atom. The fourth-order valence-corrected chi connectivity index (χ4v) is 3.63. The summed E-state index contributed by atoms with van der Waals surface area (Å²) in [6.07, 6.45) is 1.64. The van der Waals surface area contributed by atoms with E-state index in [4.69, 9.17) is 32.7 Å². The van der Waals surface area contributed by atoms with E-state index in [2.05, 4.69) is 15.6 Å². The number of anilines is 2. The van der Waals surface area contributed by atoms with Gasteiger partial charge in [0.2, 0.25) is 11.8 Å². The van der Waals surface area contributed by atoms with Crippen LogP contribution in [0.1, 0.15) is 6.42 Å². The molecule has 1 saturated heterocycles. The number of amides is 2. The van der Waals surface area contributed by atoms with Gasteiger partial charge < -0.3 is 25.0 Å². The van der Waals surface area contributed by atoms with Gasteiger partial charge in [-0.05, 0) is 18.2 Å². The molecule has 2 heterocycles. The molecule has 1 aliphatic heterocycles. The molecule has 0 aliphatic carbocycles. The SMILES string of the molecule is COc1ccc(N2CC(C(=O)NCCNc3ncc(Cl)cc3Cl)CC2=O)cc1OC. The molecule has 1 aromatic heterocycles. The minimum absolute atomic E-state index is 0.113. The second-order valence-corrected chi connectivity index (χ2v) is 7.49. The molecule has 1 aromatic carbocycles. The summed E-state index contributed by atoms with van der Waals surface area (Å²) in [5, 5.41) is 6.72. The van der Waals surface area contributed by atoms with E-state index in [9.17, 15) is 9.59 Å². The van der Waals surface area contributed by atoms with E-state index in [1.165, 1.54) is 13.3 Å². The summed E-state index contributed by atoms with van der Waals surface area (Å²) in [5.41, 5.74) is 0.665. The average Bonchev–Trinajstić information content (AvgIpc) is 3.13. The number of pyridine rings is 1. The Morgan fingerprint density at radius 1 is 1.20 bits per heavy atom. The van der Waals surface area contributed by atoms with Crippen LogP contribution in [0.4, 0.5) is 11.5 Å². The number of ether oxygens (including phenoxy) is 2. The predicted octanol–water partition coefficient (Wildman–Crippen LogP) is 2.99.